The summed E-state index contributed by atoms with van der Waals surface area (Å²) in [6.45, 7) is 2.27. The van der Waals surface area contributed by atoms with Crippen LogP contribution in [0.4, 0.5) is 0 Å². The summed E-state index contributed by atoms with van der Waals surface area (Å²) in [7, 11) is 0. The fourth-order valence-electron chi connectivity index (χ4n) is 2.48. The molecule has 0 saturated heterocycles. The Morgan fingerprint density at radius 2 is 1.57 bits per heavy atom. The van der Waals surface area contributed by atoms with Crippen LogP contribution in [-0.4, -0.2) is 0 Å². The van der Waals surface area contributed by atoms with Crippen LogP contribution in [0.3, 0.4) is 0 Å². The minimum absolute atomic E-state index is 0.204. The Morgan fingerprint density at radius 3 is 2.07 bits per heavy atom. The van der Waals surface area contributed by atoms with Crippen LogP contribution in [0.1, 0.15) is 38.2 Å². The molecular weight excluding hydrogens is 215 g/mol. The molecule has 1 aromatic carbocycles. The predicted octanol–water partition coefficient (Wildman–Crippen LogP) is 4.83. The van der Waals surface area contributed by atoms with Crippen molar-refractivity contribution in [3.05, 3.63) is 33.8 Å². The van der Waals surface area contributed by atoms with Crippen LogP contribution in [0.15, 0.2) is 18.2 Å². The van der Waals surface area contributed by atoms with E-state index in [0.717, 1.165) is 15.6 Å². The van der Waals surface area contributed by atoms with Crippen LogP contribution in [0.5, 0.6) is 0 Å². The van der Waals surface area contributed by atoms with E-state index >= 15 is 0 Å². The molecule has 0 unspecified atom stereocenters. The van der Waals surface area contributed by atoms with E-state index in [1.54, 1.807) is 0 Å². The first-order valence-electron chi connectivity index (χ1n) is 5.08. The van der Waals surface area contributed by atoms with Gasteiger partial charge in [0.2, 0.25) is 0 Å². The predicted molar refractivity (Wildman–Crippen MR) is 62.3 cm³/mol. The summed E-state index contributed by atoms with van der Waals surface area (Å²) in [5, 5.41) is 1.64. The molecule has 0 atom stereocenters. The molecule has 76 valence electrons. The molecule has 1 aromatic rings. The fraction of sp³-hybridized carbons (Fsp3) is 0.500. The highest BCUT2D eigenvalue weighted by Gasteiger charge is 2.33. The van der Waals surface area contributed by atoms with Crippen molar-refractivity contribution in [3.63, 3.8) is 0 Å². The van der Waals surface area contributed by atoms with Crippen molar-refractivity contribution in [2.45, 2.75) is 38.0 Å². The maximum Gasteiger partial charge on any atom is 0.0458 e. The van der Waals surface area contributed by atoms with E-state index in [4.69, 9.17) is 23.2 Å². The Bertz CT molecular complexity index is 318. The van der Waals surface area contributed by atoms with Gasteiger partial charge in [-0.25, -0.2) is 0 Å². The standard InChI is InChI=1S/C12H14Cl2/c1-12(7-2-3-8-12)11-9(13)5-4-6-10(11)14/h4-6H,2-3,7-8H2,1H3. The molecule has 0 spiro atoms. The molecule has 0 aliphatic heterocycles. The minimum atomic E-state index is 0.204. The molecule has 0 amide bonds. The van der Waals surface area contributed by atoms with Crippen LogP contribution in [-0.2, 0) is 5.41 Å². The maximum atomic E-state index is 6.21. The van der Waals surface area contributed by atoms with E-state index in [9.17, 15) is 0 Å². The van der Waals surface area contributed by atoms with Crippen molar-refractivity contribution in [1.82, 2.24) is 0 Å². The topological polar surface area (TPSA) is 0 Å². The van der Waals surface area contributed by atoms with Gasteiger partial charge in [0, 0.05) is 10.0 Å². The normalized spacial score (nSPS) is 19.9. The lowest BCUT2D eigenvalue weighted by atomic mass is 9.81. The van der Waals surface area contributed by atoms with Crippen LogP contribution in [0.2, 0.25) is 10.0 Å². The summed E-state index contributed by atoms with van der Waals surface area (Å²) >= 11 is 12.4. The van der Waals surface area contributed by atoms with Gasteiger partial charge in [-0.3, -0.25) is 0 Å². The summed E-state index contributed by atoms with van der Waals surface area (Å²) in [6.07, 6.45) is 4.99. The van der Waals surface area contributed by atoms with Crippen LogP contribution in [0, 0.1) is 0 Å². The Hall–Kier alpha value is -0.200. The second-order valence-electron chi connectivity index (χ2n) is 4.36. The summed E-state index contributed by atoms with van der Waals surface area (Å²) in [5.41, 5.74) is 1.36. The first kappa shape index (κ1) is 10.3. The average molecular weight is 229 g/mol. The molecule has 0 radical (unpaired) electrons. The van der Waals surface area contributed by atoms with E-state index < -0.39 is 0 Å². The molecule has 0 N–H and O–H groups in total. The molecule has 0 heterocycles. The molecule has 2 heteroatoms. The Kier molecular flexibility index (Phi) is 2.77. The van der Waals surface area contributed by atoms with Crippen molar-refractivity contribution in [2.24, 2.45) is 0 Å². The summed E-state index contributed by atoms with van der Waals surface area (Å²) in [5.74, 6) is 0. The fourth-order valence-corrected chi connectivity index (χ4v) is 3.33. The molecule has 0 bridgehead atoms. The monoisotopic (exact) mass is 228 g/mol. The highest BCUT2D eigenvalue weighted by molar-refractivity contribution is 6.36. The highest BCUT2D eigenvalue weighted by atomic mass is 35.5. The van der Waals surface area contributed by atoms with Gasteiger partial charge in [0.15, 0.2) is 0 Å². The number of hydrogen-bond acceptors (Lipinski definition) is 0. The zero-order valence-corrected chi connectivity index (χ0v) is 9.83. The third-order valence-corrected chi connectivity index (χ3v) is 3.90. The van der Waals surface area contributed by atoms with Crippen molar-refractivity contribution < 1.29 is 0 Å². The third-order valence-electron chi connectivity index (χ3n) is 3.27. The summed E-state index contributed by atoms with van der Waals surface area (Å²) in [4.78, 5) is 0. The Morgan fingerprint density at radius 1 is 1.07 bits per heavy atom. The second kappa shape index (κ2) is 3.75. The number of halogens is 2. The van der Waals surface area contributed by atoms with Crippen molar-refractivity contribution >= 4 is 23.2 Å². The van der Waals surface area contributed by atoms with Crippen molar-refractivity contribution in [2.75, 3.05) is 0 Å². The minimum Gasteiger partial charge on any atom is -0.0840 e. The Labute approximate surface area is 95.2 Å². The van der Waals surface area contributed by atoms with E-state index in [1.807, 2.05) is 18.2 Å². The van der Waals surface area contributed by atoms with E-state index in [1.165, 1.54) is 25.7 Å². The molecule has 14 heavy (non-hydrogen) atoms. The molecule has 0 aromatic heterocycles. The largest absolute Gasteiger partial charge is 0.0840 e. The molecule has 1 saturated carbocycles. The first-order valence-corrected chi connectivity index (χ1v) is 5.84. The molecule has 1 aliphatic rings. The van der Waals surface area contributed by atoms with Gasteiger partial charge in [-0.2, -0.15) is 0 Å². The first-order chi connectivity index (χ1) is 6.63. The van der Waals surface area contributed by atoms with Gasteiger partial charge in [-0.15, -0.1) is 0 Å². The zero-order chi connectivity index (χ0) is 10.2. The van der Waals surface area contributed by atoms with Crippen LogP contribution in [0.25, 0.3) is 0 Å². The van der Waals surface area contributed by atoms with Gasteiger partial charge >= 0.3 is 0 Å². The lowest BCUT2D eigenvalue weighted by Gasteiger charge is -2.26. The molecule has 1 aliphatic carbocycles. The summed E-state index contributed by atoms with van der Waals surface area (Å²) < 4.78 is 0. The molecule has 2 rings (SSSR count). The third kappa shape index (κ3) is 1.66. The number of hydrogen-bond donors (Lipinski definition) is 0. The lowest BCUT2D eigenvalue weighted by Crippen LogP contribution is -2.17. The number of rotatable bonds is 1. The molecule has 1 fully saturated rings. The zero-order valence-electron chi connectivity index (χ0n) is 8.32. The lowest BCUT2D eigenvalue weighted by molar-refractivity contribution is 0.492. The summed E-state index contributed by atoms with van der Waals surface area (Å²) in [6, 6.07) is 5.78. The van der Waals surface area contributed by atoms with Crippen LogP contribution >= 0.6 is 23.2 Å². The van der Waals surface area contributed by atoms with Crippen molar-refractivity contribution in [3.8, 4) is 0 Å². The van der Waals surface area contributed by atoms with E-state index in [2.05, 4.69) is 6.92 Å². The average Bonchev–Trinajstić information content (AvgIpc) is 2.52. The smallest absolute Gasteiger partial charge is 0.0458 e. The number of benzene rings is 1. The molecule has 0 nitrogen and oxygen atoms in total. The van der Waals surface area contributed by atoms with E-state index in [0.29, 0.717) is 0 Å². The van der Waals surface area contributed by atoms with Gasteiger partial charge in [0.05, 0.1) is 0 Å². The van der Waals surface area contributed by atoms with Gasteiger partial charge in [0.25, 0.3) is 0 Å². The van der Waals surface area contributed by atoms with Gasteiger partial charge in [-0.1, -0.05) is 49.0 Å². The Balaban J connectivity index is 2.49. The van der Waals surface area contributed by atoms with Gasteiger partial charge in [-0.05, 0) is 36.0 Å². The highest BCUT2D eigenvalue weighted by Crippen LogP contribution is 2.46. The second-order valence-corrected chi connectivity index (χ2v) is 5.18. The SMILES string of the molecule is CC1(c2c(Cl)cccc2Cl)CCCC1. The maximum absolute atomic E-state index is 6.21. The molecular formula is C12H14Cl2. The van der Waals surface area contributed by atoms with Crippen LogP contribution < -0.4 is 0 Å². The van der Waals surface area contributed by atoms with Crippen molar-refractivity contribution in [1.29, 1.82) is 0 Å². The van der Waals surface area contributed by atoms with Gasteiger partial charge < -0.3 is 0 Å². The van der Waals surface area contributed by atoms with E-state index in [-0.39, 0.29) is 5.41 Å². The quantitative estimate of drug-likeness (QED) is 0.647. The van der Waals surface area contributed by atoms with Gasteiger partial charge in [0.1, 0.15) is 0 Å².